The average Bonchev–Trinajstić information content (AvgIpc) is 2.89. The van der Waals surface area contributed by atoms with E-state index < -0.39 is 0 Å². The molecule has 0 unspecified atom stereocenters. The summed E-state index contributed by atoms with van der Waals surface area (Å²) in [6.07, 6.45) is 4.16. The van der Waals surface area contributed by atoms with Gasteiger partial charge < -0.3 is 4.90 Å². The Morgan fingerprint density at radius 1 is 1.30 bits per heavy atom. The van der Waals surface area contributed by atoms with Gasteiger partial charge in [-0.15, -0.1) is 0 Å². The lowest BCUT2D eigenvalue weighted by molar-refractivity contribution is -0.122. The molecule has 2 heterocycles. The maximum absolute atomic E-state index is 12.7. The van der Waals surface area contributed by atoms with Gasteiger partial charge in [0.2, 0.25) is 0 Å². The van der Waals surface area contributed by atoms with Gasteiger partial charge in [-0.2, -0.15) is 0 Å². The summed E-state index contributed by atoms with van der Waals surface area (Å²) in [7, 11) is 2.08. The minimum absolute atomic E-state index is 0.00555. The highest BCUT2D eigenvalue weighted by Crippen LogP contribution is 2.42. The fourth-order valence-corrected chi connectivity index (χ4v) is 4.79. The van der Waals surface area contributed by atoms with E-state index in [0.717, 1.165) is 22.0 Å². The number of amidine groups is 1. The number of aliphatic imine (C=N–C) groups is 1. The fourth-order valence-electron chi connectivity index (χ4n) is 3.48. The van der Waals surface area contributed by atoms with Crippen LogP contribution in [0.3, 0.4) is 0 Å². The van der Waals surface area contributed by atoms with Crippen molar-refractivity contribution in [3.63, 3.8) is 0 Å². The van der Waals surface area contributed by atoms with Crippen LogP contribution in [-0.2, 0) is 4.79 Å². The number of benzene rings is 1. The van der Waals surface area contributed by atoms with Gasteiger partial charge in [0, 0.05) is 36.4 Å². The number of anilines is 1. The van der Waals surface area contributed by atoms with E-state index in [1.54, 1.807) is 4.90 Å². The first-order chi connectivity index (χ1) is 12.7. The summed E-state index contributed by atoms with van der Waals surface area (Å²) in [6, 6.07) is 4.09. The first-order valence-corrected chi connectivity index (χ1v) is 10.4. The third-order valence-electron chi connectivity index (χ3n) is 5.12. The minimum Gasteiger partial charge on any atom is -0.365 e. The van der Waals surface area contributed by atoms with E-state index in [1.807, 2.05) is 26.0 Å². The molecule has 4 nitrogen and oxygen atoms in total. The number of hydrogen-bond donors (Lipinski definition) is 0. The van der Waals surface area contributed by atoms with Gasteiger partial charge in [-0.1, -0.05) is 17.7 Å². The Balaban J connectivity index is 2.05. The van der Waals surface area contributed by atoms with Gasteiger partial charge in [0.1, 0.15) is 0 Å². The second-order valence-electron chi connectivity index (χ2n) is 7.35. The van der Waals surface area contributed by atoms with E-state index in [4.69, 9.17) is 11.6 Å². The van der Waals surface area contributed by atoms with Crippen LogP contribution in [0, 0.1) is 0 Å². The van der Waals surface area contributed by atoms with Crippen LogP contribution >= 0.6 is 23.4 Å². The van der Waals surface area contributed by atoms with E-state index in [-0.39, 0.29) is 11.4 Å². The van der Waals surface area contributed by atoms with E-state index >= 15 is 0 Å². The number of carbonyl (C=O) groups is 1. The third kappa shape index (κ3) is 3.55. The molecular formula is C21H26ClN3OS. The van der Waals surface area contributed by atoms with Crippen molar-refractivity contribution in [3.05, 3.63) is 39.3 Å². The van der Waals surface area contributed by atoms with Crippen LogP contribution in [0.5, 0.6) is 0 Å². The normalized spacial score (nSPS) is 21.9. The van der Waals surface area contributed by atoms with Crippen LogP contribution in [-0.4, -0.2) is 41.7 Å². The molecule has 0 radical (unpaired) electrons. The number of hydrogen-bond acceptors (Lipinski definition) is 4. The fraction of sp³-hybridized carbons (Fsp3) is 0.429. The van der Waals surface area contributed by atoms with Gasteiger partial charge in [0.15, 0.2) is 5.17 Å². The molecule has 3 rings (SSSR count). The number of amides is 1. The maximum Gasteiger partial charge on any atom is 0.266 e. The first-order valence-electron chi connectivity index (χ1n) is 9.22. The predicted molar refractivity (Wildman–Crippen MR) is 119 cm³/mol. The second-order valence-corrected chi connectivity index (χ2v) is 8.76. The number of thioether (sulfide) groups is 1. The molecule has 2 aliphatic heterocycles. The molecule has 2 aliphatic rings. The number of likely N-dealkylation sites (N-methyl/N-ethyl adjacent to an activating group) is 2. The Morgan fingerprint density at radius 3 is 2.63 bits per heavy atom. The standard InChI is InChI=1S/C21H26ClN3OS/c1-7-23-20-25(8-2)19(26)18(27-20)10-14-9-15-13(3)12-21(4,5)24(6)17(15)11-16(14)22/h9-12H,7-8H2,1-6H3/b18-10-,23-20?. The molecule has 1 fully saturated rings. The van der Waals surface area contributed by atoms with Crippen LogP contribution in [0.2, 0.25) is 5.02 Å². The summed E-state index contributed by atoms with van der Waals surface area (Å²) in [5.41, 5.74) is 4.28. The van der Waals surface area contributed by atoms with Gasteiger partial charge >= 0.3 is 0 Å². The highest BCUT2D eigenvalue weighted by molar-refractivity contribution is 8.18. The molecule has 144 valence electrons. The number of halogens is 1. The molecule has 0 N–H and O–H groups in total. The summed E-state index contributed by atoms with van der Waals surface area (Å²) < 4.78 is 0. The molecule has 1 amide bonds. The summed E-state index contributed by atoms with van der Waals surface area (Å²) >= 11 is 8.03. The topological polar surface area (TPSA) is 35.9 Å². The largest absolute Gasteiger partial charge is 0.365 e. The monoisotopic (exact) mass is 403 g/mol. The number of carbonyl (C=O) groups excluding carboxylic acids is 1. The van der Waals surface area contributed by atoms with E-state index in [9.17, 15) is 4.79 Å². The van der Waals surface area contributed by atoms with E-state index in [1.165, 1.54) is 17.3 Å². The molecule has 0 spiro atoms. The van der Waals surface area contributed by atoms with Crippen molar-refractivity contribution >= 4 is 51.8 Å². The van der Waals surface area contributed by atoms with Crippen molar-refractivity contribution in [2.24, 2.45) is 4.99 Å². The zero-order valence-electron chi connectivity index (χ0n) is 16.8. The lowest BCUT2D eigenvalue weighted by atomic mass is 9.88. The molecule has 0 aliphatic carbocycles. The average molecular weight is 404 g/mol. The van der Waals surface area contributed by atoms with Crippen LogP contribution in [0.4, 0.5) is 5.69 Å². The Hall–Kier alpha value is -1.72. The van der Waals surface area contributed by atoms with Gasteiger partial charge in [-0.05, 0) is 75.7 Å². The zero-order chi connectivity index (χ0) is 19.9. The molecule has 0 atom stereocenters. The highest BCUT2D eigenvalue weighted by atomic mass is 35.5. The molecule has 0 saturated carbocycles. The highest BCUT2D eigenvalue weighted by Gasteiger charge is 2.33. The quantitative estimate of drug-likeness (QED) is 0.644. The van der Waals surface area contributed by atoms with Crippen LogP contribution in [0.1, 0.15) is 45.7 Å². The van der Waals surface area contributed by atoms with Crippen LogP contribution in [0.25, 0.3) is 11.6 Å². The molecule has 1 aromatic carbocycles. The molecule has 27 heavy (non-hydrogen) atoms. The molecule has 1 aromatic rings. The lowest BCUT2D eigenvalue weighted by Crippen LogP contribution is -2.42. The number of allylic oxidation sites excluding steroid dienone is 1. The Morgan fingerprint density at radius 2 is 2.00 bits per heavy atom. The number of fused-ring (bicyclic) bond motifs is 1. The Bertz CT molecular complexity index is 886. The van der Waals surface area contributed by atoms with Crippen LogP contribution < -0.4 is 4.90 Å². The second kappa shape index (κ2) is 7.36. The lowest BCUT2D eigenvalue weighted by Gasteiger charge is -2.40. The summed E-state index contributed by atoms with van der Waals surface area (Å²) in [5.74, 6) is -0.00555. The van der Waals surface area contributed by atoms with Gasteiger partial charge in [-0.25, -0.2) is 0 Å². The van der Waals surface area contributed by atoms with Crippen molar-refractivity contribution < 1.29 is 4.79 Å². The van der Waals surface area contributed by atoms with Gasteiger partial charge in [-0.3, -0.25) is 14.7 Å². The van der Waals surface area contributed by atoms with Crippen molar-refractivity contribution in [1.29, 1.82) is 0 Å². The smallest absolute Gasteiger partial charge is 0.266 e. The molecule has 1 saturated heterocycles. The number of rotatable bonds is 3. The van der Waals surface area contributed by atoms with Crippen LogP contribution in [0.15, 0.2) is 28.1 Å². The molecule has 6 heteroatoms. The summed E-state index contributed by atoms with van der Waals surface area (Å²) in [4.78, 5) is 21.8. The van der Waals surface area contributed by atoms with Gasteiger partial charge in [0.25, 0.3) is 5.91 Å². The van der Waals surface area contributed by atoms with E-state index in [0.29, 0.717) is 23.0 Å². The molecule has 0 bridgehead atoms. The summed E-state index contributed by atoms with van der Waals surface area (Å²) in [5, 5.41) is 1.42. The molecular weight excluding hydrogens is 378 g/mol. The third-order valence-corrected chi connectivity index (χ3v) is 6.49. The number of nitrogens with zero attached hydrogens (tertiary/aromatic N) is 3. The SMILES string of the molecule is CCN=C1S/C(=C\c2cc3c(cc2Cl)N(C)C(C)(C)C=C3C)C(=O)N1CC. The minimum atomic E-state index is -0.0647. The molecule has 0 aromatic heterocycles. The van der Waals surface area contributed by atoms with Crippen molar-refractivity contribution in [2.45, 2.75) is 40.2 Å². The predicted octanol–water partition coefficient (Wildman–Crippen LogP) is 5.28. The summed E-state index contributed by atoms with van der Waals surface area (Å²) in [6.45, 7) is 11.7. The van der Waals surface area contributed by atoms with Gasteiger partial charge in [0.05, 0.1) is 10.4 Å². The van der Waals surface area contributed by atoms with E-state index in [2.05, 4.69) is 49.9 Å². The van der Waals surface area contributed by atoms with Crippen molar-refractivity contribution in [3.8, 4) is 0 Å². The maximum atomic E-state index is 12.7. The first kappa shape index (κ1) is 20.0. The Labute approximate surface area is 171 Å². The Kier molecular flexibility index (Phi) is 5.46. The zero-order valence-corrected chi connectivity index (χ0v) is 18.3. The van der Waals surface area contributed by atoms with Crippen molar-refractivity contribution in [2.75, 3.05) is 25.0 Å². The van der Waals surface area contributed by atoms with Crippen molar-refractivity contribution in [1.82, 2.24) is 4.90 Å².